The van der Waals surface area contributed by atoms with Crippen molar-refractivity contribution in [2.24, 2.45) is 14.1 Å². The van der Waals surface area contributed by atoms with Crippen LogP contribution in [0.25, 0.3) is 0 Å². The summed E-state index contributed by atoms with van der Waals surface area (Å²) in [5.41, 5.74) is 1.28. The van der Waals surface area contributed by atoms with E-state index in [1.807, 2.05) is 24.0 Å². The molecule has 1 aliphatic heterocycles. The van der Waals surface area contributed by atoms with Gasteiger partial charge in [-0.15, -0.1) is 0 Å². The fraction of sp³-hybridized carbons (Fsp3) is 0.500. The standard InChI is InChI=1S/C14H20N4O/c1-17-7-3-4-11(17)10-16-12-5-9-19-13(12)14-15-6-8-18(14)2/h3-4,6-8,12-13,16H,5,9-10H2,1-2H3/t12-,13-/m0/s1. The van der Waals surface area contributed by atoms with Gasteiger partial charge >= 0.3 is 0 Å². The summed E-state index contributed by atoms with van der Waals surface area (Å²) in [7, 11) is 4.08. The minimum Gasteiger partial charge on any atom is -0.369 e. The molecule has 0 aromatic carbocycles. The summed E-state index contributed by atoms with van der Waals surface area (Å²) in [4.78, 5) is 4.40. The van der Waals surface area contributed by atoms with Crippen molar-refractivity contribution in [1.82, 2.24) is 19.4 Å². The van der Waals surface area contributed by atoms with E-state index in [1.54, 1.807) is 0 Å². The summed E-state index contributed by atoms with van der Waals surface area (Å²) in [5, 5.41) is 3.59. The molecule has 19 heavy (non-hydrogen) atoms. The highest BCUT2D eigenvalue weighted by Gasteiger charge is 2.31. The highest BCUT2D eigenvalue weighted by Crippen LogP contribution is 2.27. The molecule has 5 nitrogen and oxygen atoms in total. The number of ether oxygens (including phenoxy) is 1. The van der Waals surface area contributed by atoms with Gasteiger partial charge in [-0.2, -0.15) is 0 Å². The maximum Gasteiger partial charge on any atom is 0.139 e. The molecule has 3 rings (SSSR count). The molecule has 1 saturated heterocycles. The second-order valence-corrected chi connectivity index (χ2v) is 5.07. The fourth-order valence-corrected chi connectivity index (χ4v) is 2.62. The Morgan fingerprint density at radius 2 is 2.26 bits per heavy atom. The monoisotopic (exact) mass is 260 g/mol. The van der Waals surface area contributed by atoms with E-state index in [2.05, 4.69) is 40.2 Å². The van der Waals surface area contributed by atoms with Gasteiger partial charge in [0.25, 0.3) is 0 Å². The van der Waals surface area contributed by atoms with Crippen molar-refractivity contribution >= 4 is 0 Å². The highest BCUT2D eigenvalue weighted by molar-refractivity contribution is 5.08. The number of aryl methyl sites for hydroxylation is 2. The Kier molecular flexibility index (Phi) is 3.40. The van der Waals surface area contributed by atoms with E-state index in [1.165, 1.54) is 5.69 Å². The van der Waals surface area contributed by atoms with Gasteiger partial charge in [0, 0.05) is 57.6 Å². The van der Waals surface area contributed by atoms with Crippen LogP contribution in [0.5, 0.6) is 0 Å². The molecular weight excluding hydrogens is 240 g/mol. The van der Waals surface area contributed by atoms with Crippen molar-refractivity contribution in [1.29, 1.82) is 0 Å². The topological polar surface area (TPSA) is 44.0 Å². The zero-order valence-corrected chi connectivity index (χ0v) is 11.4. The predicted octanol–water partition coefficient (Wildman–Crippen LogP) is 1.38. The van der Waals surface area contributed by atoms with Crippen molar-refractivity contribution in [3.8, 4) is 0 Å². The van der Waals surface area contributed by atoms with E-state index >= 15 is 0 Å². The van der Waals surface area contributed by atoms with Gasteiger partial charge in [-0.1, -0.05) is 0 Å². The van der Waals surface area contributed by atoms with Crippen LogP contribution in [0.4, 0.5) is 0 Å². The molecule has 5 heteroatoms. The Labute approximate surface area is 113 Å². The van der Waals surface area contributed by atoms with E-state index in [9.17, 15) is 0 Å². The minimum absolute atomic E-state index is 0.0558. The van der Waals surface area contributed by atoms with E-state index in [-0.39, 0.29) is 6.10 Å². The minimum atomic E-state index is 0.0558. The van der Waals surface area contributed by atoms with Gasteiger partial charge in [-0.25, -0.2) is 4.98 Å². The number of hydrogen-bond donors (Lipinski definition) is 1. The van der Waals surface area contributed by atoms with E-state index < -0.39 is 0 Å². The predicted molar refractivity (Wildman–Crippen MR) is 72.6 cm³/mol. The molecule has 0 amide bonds. The van der Waals surface area contributed by atoms with Crippen molar-refractivity contribution in [2.75, 3.05) is 6.61 Å². The molecule has 102 valence electrons. The molecule has 0 radical (unpaired) electrons. The molecule has 2 aromatic heterocycles. The van der Waals surface area contributed by atoms with Crippen LogP contribution in [0, 0.1) is 0 Å². The quantitative estimate of drug-likeness (QED) is 0.903. The second kappa shape index (κ2) is 5.19. The number of nitrogens with zero attached hydrogens (tertiary/aromatic N) is 3. The molecule has 0 aliphatic carbocycles. The first-order chi connectivity index (χ1) is 9.25. The van der Waals surface area contributed by atoms with Gasteiger partial charge in [0.15, 0.2) is 0 Å². The molecule has 1 aliphatic rings. The van der Waals surface area contributed by atoms with Gasteiger partial charge in [-0.3, -0.25) is 0 Å². The first-order valence-corrected chi connectivity index (χ1v) is 6.68. The number of imidazole rings is 1. The number of aromatic nitrogens is 3. The van der Waals surface area contributed by atoms with Crippen molar-refractivity contribution in [2.45, 2.75) is 25.1 Å². The van der Waals surface area contributed by atoms with Gasteiger partial charge in [0.2, 0.25) is 0 Å². The Morgan fingerprint density at radius 3 is 2.95 bits per heavy atom. The summed E-state index contributed by atoms with van der Waals surface area (Å²) >= 11 is 0. The third-order valence-electron chi connectivity index (χ3n) is 3.80. The zero-order chi connectivity index (χ0) is 13.2. The molecular formula is C14H20N4O. The molecule has 3 heterocycles. The average Bonchev–Trinajstić information content (AvgIpc) is 3.08. The number of nitrogens with one attached hydrogen (secondary N) is 1. The van der Waals surface area contributed by atoms with Crippen molar-refractivity contribution < 1.29 is 4.74 Å². The molecule has 0 bridgehead atoms. The average molecular weight is 260 g/mol. The Morgan fingerprint density at radius 1 is 1.37 bits per heavy atom. The van der Waals surface area contributed by atoms with Gasteiger partial charge in [-0.05, 0) is 18.6 Å². The number of hydrogen-bond acceptors (Lipinski definition) is 3. The lowest BCUT2D eigenvalue weighted by Crippen LogP contribution is -2.32. The second-order valence-electron chi connectivity index (χ2n) is 5.07. The summed E-state index contributed by atoms with van der Waals surface area (Å²) in [6.07, 6.45) is 6.94. The first kappa shape index (κ1) is 12.4. The fourth-order valence-electron chi connectivity index (χ4n) is 2.62. The van der Waals surface area contributed by atoms with Crippen LogP contribution < -0.4 is 5.32 Å². The maximum atomic E-state index is 5.84. The molecule has 1 fully saturated rings. The maximum absolute atomic E-state index is 5.84. The zero-order valence-electron chi connectivity index (χ0n) is 11.4. The van der Waals surface area contributed by atoms with E-state index in [0.29, 0.717) is 6.04 Å². The van der Waals surface area contributed by atoms with Crippen LogP contribution in [-0.2, 0) is 25.4 Å². The van der Waals surface area contributed by atoms with Crippen molar-refractivity contribution in [3.63, 3.8) is 0 Å². The van der Waals surface area contributed by atoms with Crippen LogP contribution in [0.15, 0.2) is 30.7 Å². The highest BCUT2D eigenvalue weighted by atomic mass is 16.5. The lowest BCUT2D eigenvalue weighted by Gasteiger charge is -2.19. The Balaban J connectivity index is 1.67. The molecule has 0 saturated carbocycles. The molecule has 0 unspecified atom stereocenters. The SMILES string of the molecule is Cn1cccc1CN[C@H]1CCO[C@@H]1c1nccn1C. The number of rotatable bonds is 4. The van der Waals surface area contributed by atoms with Gasteiger partial charge < -0.3 is 19.2 Å². The van der Waals surface area contributed by atoms with E-state index in [4.69, 9.17) is 4.74 Å². The molecule has 1 N–H and O–H groups in total. The Bertz CT molecular complexity index is 545. The third kappa shape index (κ3) is 2.43. The van der Waals surface area contributed by atoms with Gasteiger partial charge in [0.1, 0.15) is 11.9 Å². The van der Waals surface area contributed by atoms with Crippen LogP contribution in [-0.4, -0.2) is 26.8 Å². The lowest BCUT2D eigenvalue weighted by molar-refractivity contribution is 0.0892. The first-order valence-electron chi connectivity index (χ1n) is 6.68. The summed E-state index contributed by atoms with van der Waals surface area (Å²) < 4.78 is 10.0. The van der Waals surface area contributed by atoms with Crippen LogP contribution in [0.2, 0.25) is 0 Å². The lowest BCUT2D eigenvalue weighted by atomic mass is 10.1. The van der Waals surface area contributed by atoms with Crippen molar-refractivity contribution in [3.05, 3.63) is 42.2 Å². The summed E-state index contributed by atoms with van der Waals surface area (Å²) in [6, 6.07) is 4.53. The summed E-state index contributed by atoms with van der Waals surface area (Å²) in [5.74, 6) is 1.00. The molecule has 2 aromatic rings. The normalized spacial score (nSPS) is 23.1. The smallest absolute Gasteiger partial charge is 0.139 e. The van der Waals surface area contributed by atoms with Gasteiger partial charge in [0.05, 0.1) is 0 Å². The van der Waals surface area contributed by atoms with Crippen LogP contribution >= 0.6 is 0 Å². The van der Waals surface area contributed by atoms with Crippen LogP contribution in [0.3, 0.4) is 0 Å². The summed E-state index contributed by atoms with van der Waals surface area (Å²) in [6.45, 7) is 1.65. The molecule has 2 atom stereocenters. The molecule has 0 spiro atoms. The largest absolute Gasteiger partial charge is 0.369 e. The Hall–Kier alpha value is -1.59. The van der Waals surface area contributed by atoms with Crippen LogP contribution in [0.1, 0.15) is 24.0 Å². The third-order valence-corrected chi connectivity index (χ3v) is 3.80. The van der Waals surface area contributed by atoms with E-state index in [0.717, 1.165) is 25.4 Å².